The van der Waals surface area contributed by atoms with E-state index in [4.69, 9.17) is 15.2 Å². The van der Waals surface area contributed by atoms with Crippen molar-refractivity contribution in [1.82, 2.24) is 0 Å². The summed E-state index contributed by atoms with van der Waals surface area (Å²) in [6.07, 6.45) is -0.649. The predicted molar refractivity (Wildman–Crippen MR) is 103 cm³/mol. The molecule has 2 aromatic rings. The second kappa shape index (κ2) is 10.4. The highest BCUT2D eigenvalue weighted by molar-refractivity contribution is 5.92. The molecular weight excluding hydrogens is 390 g/mol. The zero-order chi connectivity index (χ0) is 20.0. The third-order valence-corrected chi connectivity index (χ3v) is 3.69. The minimum Gasteiger partial charge on any atom is -0.507 e. The summed E-state index contributed by atoms with van der Waals surface area (Å²) >= 11 is 0. The number of rotatable bonds is 7. The molecule has 5 N–H and O–H groups in total. The summed E-state index contributed by atoms with van der Waals surface area (Å²) < 4.78 is 10.2. The van der Waals surface area contributed by atoms with Gasteiger partial charge in [-0.05, 0) is 43.2 Å². The van der Waals surface area contributed by atoms with E-state index in [-0.39, 0.29) is 48.2 Å². The number of phenolic OH excluding ortho intramolecular Hbond substituents is 3. The number of carbonyl (C=O) groups excluding carboxylic acids is 2. The number of hydrogen-bond acceptors (Lipinski definition) is 8. The molecule has 0 aliphatic heterocycles. The monoisotopic (exact) mass is 411 g/mol. The van der Waals surface area contributed by atoms with Gasteiger partial charge in [0.1, 0.15) is 30.1 Å². The van der Waals surface area contributed by atoms with Gasteiger partial charge in [0.05, 0.1) is 0 Å². The van der Waals surface area contributed by atoms with Crippen LogP contribution in [-0.4, -0.2) is 46.0 Å². The summed E-state index contributed by atoms with van der Waals surface area (Å²) in [4.78, 5) is 23.9. The molecule has 0 amide bonds. The minimum atomic E-state index is -0.991. The number of esters is 2. The Hall–Kier alpha value is -2.97. The maximum Gasteiger partial charge on any atom is 0.342 e. The van der Waals surface area contributed by atoms with Crippen molar-refractivity contribution in [3.63, 3.8) is 0 Å². The molecule has 8 nitrogen and oxygen atoms in total. The Labute approximate surface area is 167 Å². The molecule has 0 spiro atoms. The van der Waals surface area contributed by atoms with Gasteiger partial charge in [0, 0.05) is 0 Å². The van der Waals surface area contributed by atoms with Gasteiger partial charge in [0.15, 0.2) is 11.5 Å². The van der Waals surface area contributed by atoms with Gasteiger partial charge in [-0.2, -0.15) is 0 Å². The molecule has 0 saturated carbocycles. The largest absolute Gasteiger partial charge is 0.507 e. The van der Waals surface area contributed by atoms with Gasteiger partial charge in [-0.25, -0.2) is 4.79 Å². The molecule has 2 aromatic carbocycles. The number of ether oxygens (including phenoxy) is 2. The van der Waals surface area contributed by atoms with E-state index in [0.717, 1.165) is 0 Å². The first-order valence-electron chi connectivity index (χ1n) is 8.20. The van der Waals surface area contributed by atoms with Crippen LogP contribution in [0.25, 0.3) is 0 Å². The van der Waals surface area contributed by atoms with E-state index >= 15 is 0 Å². The van der Waals surface area contributed by atoms with Gasteiger partial charge >= 0.3 is 11.9 Å². The summed E-state index contributed by atoms with van der Waals surface area (Å²) in [5.41, 5.74) is 6.34. The zero-order valence-corrected chi connectivity index (χ0v) is 15.9. The van der Waals surface area contributed by atoms with Crippen LogP contribution in [0.2, 0.25) is 0 Å². The summed E-state index contributed by atoms with van der Waals surface area (Å²) in [5, 5.41) is 28.4. The third kappa shape index (κ3) is 6.33. The molecule has 0 aliphatic rings. The standard InChI is InChI=1S/C19H21NO7.ClH/c1-11(27-18(24)13-4-2-3-5-15(13)21)10-26-19(25)14(20)8-12-6-7-16(22)17(23)9-12;/h2-7,9,11,14,21-23H,8,10,20H2,1H3;1H/t11-,14+;/m1./s1. The number of hydrogen-bond donors (Lipinski definition) is 4. The Bertz CT molecular complexity index is 828. The summed E-state index contributed by atoms with van der Waals surface area (Å²) in [5.74, 6) is -2.22. The highest BCUT2D eigenvalue weighted by Crippen LogP contribution is 2.25. The highest BCUT2D eigenvalue weighted by Gasteiger charge is 2.20. The van der Waals surface area contributed by atoms with Gasteiger partial charge in [-0.1, -0.05) is 18.2 Å². The lowest BCUT2D eigenvalue weighted by Crippen LogP contribution is -2.36. The number of nitrogens with two attached hydrogens (primary N) is 1. The molecule has 2 atom stereocenters. The Morgan fingerprint density at radius 2 is 1.71 bits per heavy atom. The van der Waals surface area contributed by atoms with E-state index < -0.39 is 24.1 Å². The van der Waals surface area contributed by atoms with Crippen molar-refractivity contribution in [3.05, 3.63) is 53.6 Å². The molecule has 0 radical (unpaired) electrons. The normalized spacial score (nSPS) is 12.4. The topological polar surface area (TPSA) is 139 Å². The summed E-state index contributed by atoms with van der Waals surface area (Å²) in [7, 11) is 0. The van der Waals surface area contributed by atoms with Crippen molar-refractivity contribution in [2.45, 2.75) is 25.5 Å². The van der Waals surface area contributed by atoms with E-state index in [1.54, 1.807) is 12.1 Å². The molecule has 0 fully saturated rings. The highest BCUT2D eigenvalue weighted by atomic mass is 35.5. The molecular formula is C19H22ClNO7. The fraction of sp³-hybridized carbons (Fsp3) is 0.263. The first kappa shape index (κ1) is 23.1. The quantitative estimate of drug-likeness (QED) is 0.400. The van der Waals surface area contributed by atoms with Crippen molar-refractivity contribution in [2.75, 3.05) is 6.61 Å². The average Bonchev–Trinajstić information content (AvgIpc) is 2.63. The molecule has 28 heavy (non-hydrogen) atoms. The van der Waals surface area contributed by atoms with Crippen molar-refractivity contribution in [1.29, 1.82) is 0 Å². The number of aromatic hydroxyl groups is 3. The summed E-state index contributed by atoms with van der Waals surface area (Å²) in [6.45, 7) is 1.33. The number of benzene rings is 2. The average molecular weight is 412 g/mol. The number of carbonyl (C=O) groups is 2. The third-order valence-electron chi connectivity index (χ3n) is 3.69. The van der Waals surface area contributed by atoms with Crippen LogP contribution in [0.4, 0.5) is 0 Å². The molecule has 0 bridgehead atoms. The number of halogens is 1. The van der Waals surface area contributed by atoms with E-state index in [2.05, 4.69) is 0 Å². The van der Waals surface area contributed by atoms with Crippen LogP contribution in [0, 0.1) is 0 Å². The van der Waals surface area contributed by atoms with Gasteiger partial charge in [-0.15, -0.1) is 12.4 Å². The van der Waals surface area contributed by atoms with Crippen molar-refractivity contribution in [2.24, 2.45) is 5.73 Å². The Kier molecular flexibility index (Phi) is 8.56. The van der Waals surface area contributed by atoms with E-state index in [1.807, 2.05) is 0 Å². The number of para-hydroxylation sites is 1. The van der Waals surface area contributed by atoms with Crippen LogP contribution in [0.5, 0.6) is 17.2 Å². The van der Waals surface area contributed by atoms with Gasteiger partial charge in [0.2, 0.25) is 0 Å². The Balaban J connectivity index is 0.00000392. The van der Waals surface area contributed by atoms with Crippen LogP contribution in [0.1, 0.15) is 22.8 Å². The van der Waals surface area contributed by atoms with Crippen LogP contribution >= 0.6 is 12.4 Å². The molecule has 0 heterocycles. The van der Waals surface area contributed by atoms with Crippen molar-refractivity contribution < 1.29 is 34.4 Å². The first-order valence-corrected chi connectivity index (χ1v) is 8.20. The molecule has 0 aliphatic carbocycles. The molecule has 0 saturated heterocycles. The molecule has 2 rings (SSSR count). The molecule has 0 unspecified atom stereocenters. The SMILES string of the molecule is C[C@H](COC(=O)[C@@H](N)Cc1ccc(O)c(O)c1)OC(=O)c1ccccc1O.Cl. The first-order chi connectivity index (χ1) is 12.8. The van der Waals surface area contributed by atoms with Crippen molar-refractivity contribution >= 4 is 24.3 Å². The van der Waals surface area contributed by atoms with Gasteiger partial charge < -0.3 is 30.5 Å². The molecule has 9 heteroatoms. The van der Waals surface area contributed by atoms with E-state index in [1.165, 1.54) is 37.3 Å². The van der Waals surface area contributed by atoms with Crippen LogP contribution < -0.4 is 5.73 Å². The molecule has 152 valence electrons. The lowest BCUT2D eigenvalue weighted by atomic mass is 10.1. The lowest BCUT2D eigenvalue weighted by Gasteiger charge is -2.16. The van der Waals surface area contributed by atoms with E-state index in [9.17, 15) is 24.9 Å². The maximum atomic E-state index is 12.0. The second-order valence-corrected chi connectivity index (χ2v) is 6.00. The zero-order valence-electron chi connectivity index (χ0n) is 15.1. The Morgan fingerprint density at radius 1 is 1.04 bits per heavy atom. The lowest BCUT2D eigenvalue weighted by molar-refractivity contribution is -0.148. The Morgan fingerprint density at radius 3 is 2.36 bits per heavy atom. The van der Waals surface area contributed by atoms with Crippen molar-refractivity contribution in [3.8, 4) is 17.2 Å². The minimum absolute atomic E-state index is 0. The maximum absolute atomic E-state index is 12.0. The van der Waals surface area contributed by atoms with Crippen LogP contribution in [0.15, 0.2) is 42.5 Å². The number of phenols is 3. The fourth-order valence-corrected chi connectivity index (χ4v) is 2.27. The van der Waals surface area contributed by atoms with Crippen LogP contribution in [0.3, 0.4) is 0 Å². The molecule has 0 aromatic heterocycles. The van der Waals surface area contributed by atoms with Gasteiger partial charge in [-0.3, -0.25) is 4.79 Å². The fourth-order valence-electron chi connectivity index (χ4n) is 2.27. The van der Waals surface area contributed by atoms with Crippen LogP contribution in [-0.2, 0) is 20.7 Å². The second-order valence-electron chi connectivity index (χ2n) is 6.00. The smallest absolute Gasteiger partial charge is 0.342 e. The van der Waals surface area contributed by atoms with Gasteiger partial charge in [0.25, 0.3) is 0 Å². The summed E-state index contributed by atoms with van der Waals surface area (Å²) in [6, 6.07) is 9.07. The van der Waals surface area contributed by atoms with E-state index in [0.29, 0.717) is 5.56 Å². The predicted octanol–water partition coefficient (Wildman–Crippen LogP) is 1.88.